The number of hydrogen-bond acceptors (Lipinski definition) is 9. The van der Waals surface area contributed by atoms with Crippen molar-refractivity contribution >= 4 is 43.6 Å². The van der Waals surface area contributed by atoms with Crippen molar-refractivity contribution in [3.8, 4) is 11.5 Å². The first kappa shape index (κ1) is 38.3. The van der Waals surface area contributed by atoms with Gasteiger partial charge in [-0.15, -0.1) is 10.2 Å². The molecule has 0 unspecified atom stereocenters. The fourth-order valence-electron chi connectivity index (χ4n) is 6.49. The van der Waals surface area contributed by atoms with Crippen molar-refractivity contribution < 1.29 is 31.6 Å². The molecule has 276 valence electrons. The van der Waals surface area contributed by atoms with Gasteiger partial charge in [0.1, 0.15) is 11.6 Å². The zero-order chi connectivity index (χ0) is 37.6. The molecule has 7 rings (SSSR count). The summed E-state index contributed by atoms with van der Waals surface area (Å²) in [7, 11) is 0. The summed E-state index contributed by atoms with van der Waals surface area (Å²) in [4.78, 5) is 40.1. The van der Waals surface area contributed by atoms with Crippen LogP contribution in [0.2, 0.25) is 0 Å². The summed E-state index contributed by atoms with van der Waals surface area (Å²) < 4.78 is 56.4. The van der Waals surface area contributed by atoms with Crippen LogP contribution in [0.4, 0.5) is 17.6 Å². The molecule has 0 bridgehead atoms. The number of aromatic nitrogens is 6. The average Bonchev–Trinajstić information content (AvgIpc) is 3.63. The number of amides is 1. The van der Waals surface area contributed by atoms with Crippen molar-refractivity contribution in [2.75, 3.05) is 6.54 Å². The van der Waals surface area contributed by atoms with Gasteiger partial charge in [0.25, 0.3) is 17.7 Å². The average molecular weight is 860 g/mol. The first-order valence-corrected chi connectivity index (χ1v) is 18.4. The van der Waals surface area contributed by atoms with Crippen LogP contribution in [0.1, 0.15) is 84.0 Å². The zero-order valence-electron chi connectivity index (χ0n) is 28.1. The van der Waals surface area contributed by atoms with E-state index in [1.807, 2.05) is 17.4 Å². The van der Waals surface area contributed by atoms with Crippen LogP contribution in [0, 0.1) is 0 Å². The molecule has 10 nitrogen and oxygen atoms in total. The number of halogens is 6. The fraction of sp³-hybridized carbons (Fsp3) is 0.351. The summed E-state index contributed by atoms with van der Waals surface area (Å²) >= 11 is 6.91. The van der Waals surface area contributed by atoms with Crippen LogP contribution in [-0.4, -0.2) is 54.8 Å². The number of alkyl halides is 4. The minimum absolute atomic E-state index is 0.00174. The highest BCUT2D eigenvalue weighted by molar-refractivity contribution is 9.10. The Morgan fingerprint density at radius 3 is 1.58 bits per heavy atom. The third-order valence-corrected chi connectivity index (χ3v) is 10.8. The van der Waals surface area contributed by atoms with E-state index in [1.165, 1.54) is 29.9 Å². The molecule has 0 aliphatic heterocycles. The SMILES string of the molecule is FC(F)c1nnc(-c2cnc(CC3(c4ccc(Br)cc4)CCC3)nc2)o1.O=C(CNC(=O)C(F)F)c1cnc(CC2(c3ccc(Br)cc3)CCC2)nc1. The van der Waals surface area contributed by atoms with Crippen molar-refractivity contribution in [1.82, 2.24) is 35.5 Å². The topological polar surface area (TPSA) is 137 Å². The first-order chi connectivity index (χ1) is 25.4. The predicted molar refractivity (Wildman–Crippen MR) is 192 cm³/mol. The molecule has 1 amide bonds. The van der Waals surface area contributed by atoms with Crippen molar-refractivity contribution in [2.24, 2.45) is 0 Å². The number of ketones is 1. The van der Waals surface area contributed by atoms with Crippen LogP contribution in [-0.2, 0) is 28.5 Å². The molecule has 3 heterocycles. The minimum atomic E-state index is -3.14. The number of benzene rings is 2. The molecule has 2 aromatic carbocycles. The number of hydrogen-bond donors (Lipinski definition) is 1. The molecule has 3 aromatic heterocycles. The summed E-state index contributed by atoms with van der Waals surface area (Å²) in [5, 5.41) is 8.81. The van der Waals surface area contributed by atoms with E-state index in [2.05, 4.69) is 98.4 Å². The standard InChI is InChI=1S/C19H18BrF2N3O2.C18H15BrF2N4O/c20-14-4-2-13(3-5-14)19(6-1-7-19)8-16-23-9-12(10-24-16)15(26)11-25-18(27)17(21)22;19-13-4-2-12(3-5-13)18(6-1-7-18)8-14-22-9-11(10-23-14)16-24-25-17(26-16)15(20)21/h2-5,9-10,17H,1,6-8,11H2,(H,25,27);2-5,9-10,15H,1,6-8H2. The van der Waals surface area contributed by atoms with E-state index in [4.69, 9.17) is 4.42 Å². The molecular weight excluding hydrogens is 826 g/mol. The van der Waals surface area contributed by atoms with E-state index in [0.717, 1.165) is 47.5 Å². The van der Waals surface area contributed by atoms with E-state index >= 15 is 0 Å². The highest BCUT2D eigenvalue weighted by Crippen LogP contribution is 2.47. The third-order valence-electron chi connectivity index (χ3n) is 9.76. The Morgan fingerprint density at radius 1 is 0.717 bits per heavy atom. The van der Waals surface area contributed by atoms with E-state index in [0.29, 0.717) is 23.6 Å². The van der Waals surface area contributed by atoms with Crippen LogP contribution in [0.15, 0.2) is 86.7 Å². The van der Waals surface area contributed by atoms with Crippen LogP contribution in [0.25, 0.3) is 11.5 Å². The normalized spacial score (nSPS) is 15.5. The molecule has 0 atom stereocenters. The Morgan fingerprint density at radius 2 is 1.19 bits per heavy atom. The Kier molecular flexibility index (Phi) is 12.1. The van der Waals surface area contributed by atoms with Crippen LogP contribution < -0.4 is 5.32 Å². The zero-order valence-corrected chi connectivity index (χ0v) is 31.3. The highest BCUT2D eigenvalue weighted by atomic mass is 79.9. The van der Waals surface area contributed by atoms with Gasteiger partial charge in [-0.3, -0.25) is 9.59 Å². The number of nitrogens with one attached hydrogen (secondary N) is 1. The Hall–Kier alpha value is -4.44. The van der Waals surface area contributed by atoms with Gasteiger partial charge in [-0.25, -0.2) is 19.9 Å². The molecule has 1 N–H and O–H groups in total. The third kappa shape index (κ3) is 9.21. The van der Waals surface area contributed by atoms with Crippen LogP contribution in [0.3, 0.4) is 0 Å². The molecule has 2 aliphatic carbocycles. The molecule has 2 saturated carbocycles. The lowest BCUT2D eigenvalue weighted by Crippen LogP contribution is -2.37. The molecule has 2 fully saturated rings. The molecule has 5 aromatic rings. The Bertz CT molecular complexity index is 2010. The van der Waals surface area contributed by atoms with Crippen LogP contribution >= 0.6 is 31.9 Å². The fourth-order valence-corrected chi connectivity index (χ4v) is 7.02. The van der Waals surface area contributed by atoms with Gasteiger partial charge in [-0.05, 0) is 61.1 Å². The summed E-state index contributed by atoms with van der Waals surface area (Å²) in [5.41, 5.74) is 3.22. The number of Topliss-reactive ketones (excluding diaryl/α,β-unsaturated/α-hetero) is 1. The second kappa shape index (κ2) is 16.7. The second-order valence-corrected chi connectivity index (χ2v) is 14.9. The molecule has 0 saturated heterocycles. The maximum Gasteiger partial charge on any atom is 0.315 e. The lowest BCUT2D eigenvalue weighted by molar-refractivity contribution is -0.131. The summed E-state index contributed by atoms with van der Waals surface area (Å²) in [6, 6.07) is 16.6. The van der Waals surface area contributed by atoms with Gasteiger partial charge < -0.3 is 9.73 Å². The molecule has 53 heavy (non-hydrogen) atoms. The Balaban J connectivity index is 0.000000181. The maximum atomic E-state index is 12.5. The van der Waals surface area contributed by atoms with Gasteiger partial charge in [0.2, 0.25) is 0 Å². The van der Waals surface area contributed by atoms with Crippen molar-refractivity contribution in [3.63, 3.8) is 0 Å². The van der Waals surface area contributed by atoms with E-state index in [1.54, 1.807) is 12.4 Å². The van der Waals surface area contributed by atoms with Crippen molar-refractivity contribution in [3.05, 3.63) is 116 Å². The van der Waals surface area contributed by atoms with Gasteiger partial charge in [-0.1, -0.05) is 69.0 Å². The lowest BCUT2D eigenvalue weighted by atomic mass is 9.62. The first-order valence-electron chi connectivity index (χ1n) is 16.8. The minimum Gasteiger partial charge on any atom is -0.415 e. The summed E-state index contributed by atoms with van der Waals surface area (Å²) in [6.45, 7) is -0.505. The van der Waals surface area contributed by atoms with Gasteiger partial charge >= 0.3 is 12.9 Å². The molecule has 2 aliphatic rings. The highest BCUT2D eigenvalue weighted by Gasteiger charge is 2.40. The van der Waals surface area contributed by atoms with Gasteiger partial charge in [0.05, 0.1) is 17.7 Å². The van der Waals surface area contributed by atoms with E-state index in [9.17, 15) is 27.2 Å². The largest absolute Gasteiger partial charge is 0.415 e. The Labute approximate surface area is 318 Å². The molecular formula is C37H33Br2F4N7O3. The molecule has 0 spiro atoms. The quantitative estimate of drug-likeness (QED) is 0.0970. The number of rotatable bonds is 12. The van der Waals surface area contributed by atoms with Gasteiger partial charge in [0.15, 0.2) is 5.78 Å². The van der Waals surface area contributed by atoms with Crippen molar-refractivity contribution in [2.45, 2.75) is 75.0 Å². The number of carbonyl (C=O) groups excluding carboxylic acids is 2. The van der Waals surface area contributed by atoms with Crippen LogP contribution in [0.5, 0.6) is 0 Å². The second-order valence-electron chi connectivity index (χ2n) is 13.1. The summed E-state index contributed by atoms with van der Waals surface area (Å²) in [6.07, 6.45) is 7.96. The molecule has 16 heteroatoms. The summed E-state index contributed by atoms with van der Waals surface area (Å²) in [5.74, 6) is -1.34. The number of nitrogens with zero attached hydrogens (tertiary/aromatic N) is 6. The molecule has 0 radical (unpaired) electrons. The predicted octanol–water partition coefficient (Wildman–Crippen LogP) is 8.36. The smallest absolute Gasteiger partial charge is 0.315 e. The van der Waals surface area contributed by atoms with Gasteiger partial charge in [-0.2, -0.15) is 17.6 Å². The van der Waals surface area contributed by atoms with E-state index < -0.39 is 37.0 Å². The number of carbonyl (C=O) groups is 2. The maximum absolute atomic E-state index is 12.5. The van der Waals surface area contributed by atoms with Crippen molar-refractivity contribution in [1.29, 1.82) is 0 Å². The monoisotopic (exact) mass is 857 g/mol. The van der Waals surface area contributed by atoms with E-state index in [-0.39, 0.29) is 22.3 Å². The lowest BCUT2D eigenvalue weighted by Gasteiger charge is -2.42. The van der Waals surface area contributed by atoms with Gasteiger partial charge in [0, 0.05) is 57.4 Å².